The average molecular weight is 210 g/mol. The lowest BCUT2D eigenvalue weighted by Gasteiger charge is -2.22. The Morgan fingerprint density at radius 1 is 1.23 bits per heavy atom. The molecule has 0 saturated carbocycles. The van der Waals surface area contributed by atoms with E-state index in [0.29, 0.717) is 4.08 Å². The quantitative estimate of drug-likeness (QED) is 0.694. The van der Waals surface area contributed by atoms with Crippen molar-refractivity contribution in [2.45, 2.75) is 17.9 Å². The van der Waals surface area contributed by atoms with E-state index in [1.807, 2.05) is 0 Å². The third-order valence-corrected chi connectivity index (χ3v) is 5.74. The first-order chi connectivity index (χ1) is 6.21. The standard InChI is InChI=1S/C11H14S2/c1-9-4-3-5-10(8-9)11(2)12-6-7-13-11/h3-5,8H,6-7H2,1-2H3. The van der Waals surface area contributed by atoms with Crippen molar-refractivity contribution in [1.82, 2.24) is 0 Å². The smallest absolute Gasteiger partial charge is 0.0832 e. The third kappa shape index (κ3) is 1.89. The highest BCUT2D eigenvalue weighted by atomic mass is 32.2. The molecule has 1 aromatic carbocycles. The Labute approximate surface area is 88.5 Å². The summed E-state index contributed by atoms with van der Waals surface area (Å²) in [6.45, 7) is 4.50. The number of thioether (sulfide) groups is 2. The summed E-state index contributed by atoms with van der Waals surface area (Å²) in [4.78, 5) is 0. The fourth-order valence-electron chi connectivity index (χ4n) is 1.61. The Bertz CT molecular complexity index is 301. The fraction of sp³-hybridized carbons (Fsp3) is 0.455. The minimum Gasteiger partial charge on any atom is -0.139 e. The second kappa shape index (κ2) is 3.58. The van der Waals surface area contributed by atoms with Gasteiger partial charge in [0.2, 0.25) is 0 Å². The molecule has 0 unspecified atom stereocenters. The van der Waals surface area contributed by atoms with Gasteiger partial charge >= 0.3 is 0 Å². The first-order valence-corrected chi connectivity index (χ1v) is 6.53. The van der Waals surface area contributed by atoms with Crippen molar-refractivity contribution >= 4 is 23.5 Å². The Kier molecular flexibility index (Phi) is 2.61. The minimum absolute atomic E-state index is 0.312. The van der Waals surface area contributed by atoms with Gasteiger partial charge in [0.05, 0.1) is 4.08 Å². The topological polar surface area (TPSA) is 0 Å². The van der Waals surface area contributed by atoms with E-state index >= 15 is 0 Å². The maximum Gasteiger partial charge on any atom is 0.0832 e. The van der Waals surface area contributed by atoms with Crippen LogP contribution < -0.4 is 0 Å². The van der Waals surface area contributed by atoms with Gasteiger partial charge in [0.1, 0.15) is 0 Å². The highest BCUT2D eigenvalue weighted by molar-refractivity contribution is 8.20. The predicted octanol–water partition coefficient (Wildman–Crippen LogP) is 3.65. The average Bonchev–Trinajstić information content (AvgIpc) is 2.54. The summed E-state index contributed by atoms with van der Waals surface area (Å²) in [5, 5.41) is 0. The molecular weight excluding hydrogens is 196 g/mol. The molecule has 0 bridgehead atoms. The molecule has 70 valence electrons. The fourth-order valence-corrected chi connectivity index (χ4v) is 4.48. The van der Waals surface area contributed by atoms with Crippen LogP contribution in [-0.4, -0.2) is 11.5 Å². The van der Waals surface area contributed by atoms with Crippen molar-refractivity contribution in [2.75, 3.05) is 11.5 Å². The summed E-state index contributed by atoms with van der Waals surface area (Å²) in [7, 11) is 0. The van der Waals surface area contributed by atoms with E-state index in [9.17, 15) is 0 Å². The first kappa shape index (κ1) is 9.47. The molecule has 0 nitrogen and oxygen atoms in total. The molecule has 0 aromatic heterocycles. The molecule has 1 saturated heterocycles. The summed E-state index contributed by atoms with van der Waals surface area (Å²) in [6, 6.07) is 8.89. The molecule has 2 rings (SSSR count). The molecule has 0 atom stereocenters. The third-order valence-electron chi connectivity index (χ3n) is 2.38. The van der Waals surface area contributed by atoms with Gasteiger partial charge in [0, 0.05) is 11.5 Å². The van der Waals surface area contributed by atoms with E-state index < -0.39 is 0 Å². The van der Waals surface area contributed by atoms with Gasteiger partial charge in [0.15, 0.2) is 0 Å². The number of aryl methyl sites for hydroxylation is 1. The normalized spacial score (nSPS) is 20.5. The highest BCUT2D eigenvalue weighted by Gasteiger charge is 2.31. The van der Waals surface area contributed by atoms with Gasteiger partial charge < -0.3 is 0 Å². The van der Waals surface area contributed by atoms with Crippen LogP contribution in [0.1, 0.15) is 18.1 Å². The van der Waals surface area contributed by atoms with Gasteiger partial charge in [-0.2, -0.15) is 0 Å². The number of hydrogen-bond acceptors (Lipinski definition) is 2. The Morgan fingerprint density at radius 2 is 1.92 bits per heavy atom. The molecule has 13 heavy (non-hydrogen) atoms. The maximum atomic E-state index is 2.34. The molecule has 1 aliphatic rings. The van der Waals surface area contributed by atoms with Crippen LogP contribution >= 0.6 is 23.5 Å². The summed E-state index contributed by atoms with van der Waals surface area (Å²) in [5.74, 6) is 2.57. The highest BCUT2D eigenvalue weighted by Crippen LogP contribution is 2.51. The Morgan fingerprint density at radius 3 is 2.54 bits per heavy atom. The maximum absolute atomic E-state index is 2.34. The van der Waals surface area contributed by atoms with Crippen molar-refractivity contribution in [3.63, 3.8) is 0 Å². The van der Waals surface area contributed by atoms with E-state index in [4.69, 9.17) is 0 Å². The van der Waals surface area contributed by atoms with Gasteiger partial charge in [0.25, 0.3) is 0 Å². The van der Waals surface area contributed by atoms with Gasteiger partial charge in [-0.25, -0.2) is 0 Å². The molecule has 0 spiro atoms. The second-order valence-electron chi connectivity index (χ2n) is 3.51. The van der Waals surface area contributed by atoms with Crippen LogP contribution in [0.15, 0.2) is 24.3 Å². The lowest BCUT2D eigenvalue weighted by molar-refractivity contribution is 1.02. The molecule has 1 heterocycles. The SMILES string of the molecule is Cc1cccc(C2(C)SCCS2)c1. The van der Waals surface area contributed by atoms with Crippen molar-refractivity contribution < 1.29 is 0 Å². The minimum atomic E-state index is 0.312. The number of benzene rings is 1. The predicted molar refractivity (Wildman–Crippen MR) is 63.4 cm³/mol. The van der Waals surface area contributed by atoms with Gasteiger partial charge in [-0.3, -0.25) is 0 Å². The molecule has 2 heteroatoms. The van der Waals surface area contributed by atoms with Crippen LogP contribution in [0, 0.1) is 6.92 Å². The number of hydrogen-bond donors (Lipinski definition) is 0. The Balaban J connectivity index is 2.33. The van der Waals surface area contributed by atoms with Gasteiger partial charge in [-0.15, -0.1) is 23.5 Å². The monoisotopic (exact) mass is 210 g/mol. The zero-order valence-corrected chi connectivity index (χ0v) is 9.67. The van der Waals surface area contributed by atoms with Crippen molar-refractivity contribution in [3.8, 4) is 0 Å². The van der Waals surface area contributed by atoms with E-state index in [1.54, 1.807) is 0 Å². The van der Waals surface area contributed by atoms with Crippen LogP contribution in [0.2, 0.25) is 0 Å². The molecule has 0 amide bonds. The largest absolute Gasteiger partial charge is 0.139 e. The Hall–Kier alpha value is -0.0800. The molecule has 0 aliphatic carbocycles. The van der Waals surface area contributed by atoms with Crippen LogP contribution in [-0.2, 0) is 4.08 Å². The lowest BCUT2D eigenvalue weighted by atomic mass is 10.1. The molecular formula is C11H14S2. The van der Waals surface area contributed by atoms with Crippen LogP contribution in [0.25, 0.3) is 0 Å². The van der Waals surface area contributed by atoms with Crippen LogP contribution in [0.4, 0.5) is 0 Å². The van der Waals surface area contributed by atoms with Crippen LogP contribution in [0.5, 0.6) is 0 Å². The van der Waals surface area contributed by atoms with Crippen molar-refractivity contribution in [2.24, 2.45) is 0 Å². The zero-order valence-electron chi connectivity index (χ0n) is 8.04. The number of rotatable bonds is 1. The molecule has 0 N–H and O–H groups in total. The zero-order chi connectivity index (χ0) is 9.31. The van der Waals surface area contributed by atoms with Crippen molar-refractivity contribution in [1.29, 1.82) is 0 Å². The van der Waals surface area contributed by atoms with Crippen molar-refractivity contribution in [3.05, 3.63) is 35.4 Å². The summed E-state index contributed by atoms with van der Waals surface area (Å²) in [6.07, 6.45) is 0. The van der Waals surface area contributed by atoms with E-state index in [0.717, 1.165) is 0 Å². The van der Waals surface area contributed by atoms with E-state index in [1.165, 1.54) is 22.6 Å². The molecule has 1 aromatic rings. The summed E-state index contributed by atoms with van der Waals surface area (Å²) < 4.78 is 0.312. The van der Waals surface area contributed by atoms with Gasteiger partial charge in [-0.1, -0.05) is 29.8 Å². The second-order valence-corrected chi connectivity index (χ2v) is 6.80. The van der Waals surface area contributed by atoms with E-state index in [-0.39, 0.29) is 0 Å². The summed E-state index contributed by atoms with van der Waals surface area (Å²) >= 11 is 4.14. The molecule has 1 aliphatic heterocycles. The molecule has 1 fully saturated rings. The molecule has 0 radical (unpaired) electrons. The lowest BCUT2D eigenvalue weighted by Crippen LogP contribution is -2.08. The first-order valence-electron chi connectivity index (χ1n) is 4.56. The van der Waals surface area contributed by atoms with E-state index in [2.05, 4.69) is 61.6 Å². The van der Waals surface area contributed by atoms with Gasteiger partial charge in [-0.05, 0) is 19.4 Å². The summed E-state index contributed by atoms with van der Waals surface area (Å²) in [5.41, 5.74) is 2.84. The van der Waals surface area contributed by atoms with Crippen LogP contribution in [0.3, 0.4) is 0 Å².